The summed E-state index contributed by atoms with van der Waals surface area (Å²) < 4.78 is 0. The average Bonchev–Trinajstić information content (AvgIpc) is 2.68. The number of hydrogen-bond donors (Lipinski definition) is 1. The molecule has 0 radical (unpaired) electrons. The number of benzene rings is 1. The van der Waals surface area contributed by atoms with Crippen LogP contribution in [0.25, 0.3) is 10.4 Å². The van der Waals surface area contributed by atoms with Gasteiger partial charge in [-0.25, -0.2) is 0 Å². The van der Waals surface area contributed by atoms with Gasteiger partial charge >= 0.3 is 0 Å². The van der Waals surface area contributed by atoms with E-state index < -0.39 is 0 Å². The van der Waals surface area contributed by atoms with E-state index in [0.717, 1.165) is 9.88 Å². The highest BCUT2D eigenvalue weighted by Crippen LogP contribution is 2.30. The molecule has 0 aliphatic heterocycles. The summed E-state index contributed by atoms with van der Waals surface area (Å²) in [7, 11) is 0. The van der Waals surface area contributed by atoms with E-state index in [0.29, 0.717) is 6.41 Å². The van der Waals surface area contributed by atoms with Gasteiger partial charge in [0, 0.05) is 4.88 Å². The molecule has 0 aliphatic rings. The van der Waals surface area contributed by atoms with Crippen LogP contribution in [0.3, 0.4) is 0 Å². The molecule has 0 aliphatic carbocycles. The van der Waals surface area contributed by atoms with Crippen molar-refractivity contribution in [2.75, 3.05) is 5.32 Å². The summed E-state index contributed by atoms with van der Waals surface area (Å²) in [4.78, 5) is 11.4. The van der Waals surface area contributed by atoms with Crippen LogP contribution in [0.15, 0.2) is 42.5 Å². The molecule has 1 aromatic heterocycles. The molecule has 1 heterocycles. The maximum Gasteiger partial charge on any atom is 0.212 e. The topological polar surface area (TPSA) is 29.1 Å². The van der Waals surface area contributed by atoms with E-state index in [4.69, 9.17) is 0 Å². The standard InChI is InChI=1S/C11H9NOS/c13-8-12-11-7-6-10(14-11)9-4-2-1-3-5-9/h1-8H,(H,12,13). The van der Waals surface area contributed by atoms with E-state index in [1.807, 2.05) is 30.3 Å². The second kappa shape index (κ2) is 4.07. The quantitative estimate of drug-likeness (QED) is 0.763. The summed E-state index contributed by atoms with van der Waals surface area (Å²) in [6.07, 6.45) is 0.695. The van der Waals surface area contributed by atoms with Crippen LogP contribution < -0.4 is 5.32 Å². The fraction of sp³-hybridized carbons (Fsp3) is 0. The number of amides is 1. The Balaban J connectivity index is 2.29. The molecule has 0 saturated heterocycles. The molecule has 2 aromatic rings. The maximum atomic E-state index is 10.2. The Bertz CT molecular complexity index is 422. The molecule has 1 aromatic carbocycles. The predicted octanol–water partition coefficient (Wildman–Crippen LogP) is 2.98. The van der Waals surface area contributed by atoms with Gasteiger partial charge < -0.3 is 5.32 Å². The number of thiophene rings is 1. The van der Waals surface area contributed by atoms with E-state index in [1.165, 1.54) is 5.56 Å². The van der Waals surface area contributed by atoms with Crippen molar-refractivity contribution in [3.63, 3.8) is 0 Å². The van der Waals surface area contributed by atoms with Gasteiger partial charge in [-0.15, -0.1) is 11.3 Å². The van der Waals surface area contributed by atoms with Crippen LogP contribution in [-0.2, 0) is 4.79 Å². The summed E-state index contributed by atoms with van der Waals surface area (Å²) in [6, 6.07) is 14.0. The lowest BCUT2D eigenvalue weighted by Crippen LogP contribution is -1.88. The van der Waals surface area contributed by atoms with Crippen molar-refractivity contribution in [2.24, 2.45) is 0 Å². The molecule has 0 fully saturated rings. The SMILES string of the molecule is O=CNc1ccc(-c2ccccc2)s1. The van der Waals surface area contributed by atoms with E-state index in [1.54, 1.807) is 11.3 Å². The smallest absolute Gasteiger partial charge is 0.212 e. The Hall–Kier alpha value is -1.61. The lowest BCUT2D eigenvalue weighted by molar-refractivity contribution is -0.105. The van der Waals surface area contributed by atoms with Crippen LogP contribution in [0, 0.1) is 0 Å². The van der Waals surface area contributed by atoms with Crippen LogP contribution in [0.2, 0.25) is 0 Å². The highest BCUT2D eigenvalue weighted by Gasteiger charge is 2.00. The second-order valence-corrected chi connectivity index (χ2v) is 3.88. The number of nitrogens with one attached hydrogen (secondary N) is 1. The summed E-state index contributed by atoms with van der Waals surface area (Å²) in [5, 5.41) is 3.51. The lowest BCUT2D eigenvalue weighted by Gasteiger charge is -1.94. The Morgan fingerprint density at radius 3 is 2.57 bits per heavy atom. The van der Waals surface area contributed by atoms with E-state index in [9.17, 15) is 4.79 Å². The number of carbonyl (C=O) groups is 1. The van der Waals surface area contributed by atoms with Crippen LogP contribution in [0.4, 0.5) is 5.00 Å². The van der Waals surface area contributed by atoms with Gasteiger partial charge in [0.1, 0.15) is 0 Å². The van der Waals surface area contributed by atoms with Crippen LogP contribution in [-0.4, -0.2) is 6.41 Å². The lowest BCUT2D eigenvalue weighted by atomic mass is 10.2. The normalized spacial score (nSPS) is 9.71. The molecule has 2 nitrogen and oxygen atoms in total. The van der Waals surface area contributed by atoms with Gasteiger partial charge in [0.2, 0.25) is 6.41 Å². The molecule has 1 N–H and O–H groups in total. The van der Waals surface area contributed by atoms with Gasteiger partial charge in [0.15, 0.2) is 0 Å². The molecule has 2 rings (SSSR count). The van der Waals surface area contributed by atoms with Crippen molar-refractivity contribution in [3.05, 3.63) is 42.5 Å². The van der Waals surface area contributed by atoms with Crippen LogP contribution >= 0.6 is 11.3 Å². The fourth-order valence-electron chi connectivity index (χ4n) is 1.23. The summed E-state index contributed by atoms with van der Waals surface area (Å²) in [5.74, 6) is 0. The van der Waals surface area contributed by atoms with Crippen LogP contribution in [0.1, 0.15) is 0 Å². The molecular weight excluding hydrogens is 194 g/mol. The van der Waals surface area contributed by atoms with E-state index >= 15 is 0 Å². The molecule has 0 atom stereocenters. The van der Waals surface area contributed by atoms with E-state index in [-0.39, 0.29) is 0 Å². The minimum atomic E-state index is 0.695. The van der Waals surface area contributed by atoms with Gasteiger partial charge in [-0.3, -0.25) is 4.79 Å². The summed E-state index contributed by atoms with van der Waals surface area (Å²) in [6.45, 7) is 0. The van der Waals surface area contributed by atoms with Crippen molar-refractivity contribution in [1.82, 2.24) is 0 Å². The monoisotopic (exact) mass is 203 g/mol. The van der Waals surface area contributed by atoms with Gasteiger partial charge in [-0.05, 0) is 17.7 Å². The minimum Gasteiger partial charge on any atom is -0.320 e. The zero-order valence-corrected chi connectivity index (χ0v) is 8.25. The first-order chi connectivity index (χ1) is 6.90. The number of carbonyl (C=O) groups excluding carboxylic acids is 1. The highest BCUT2D eigenvalue weighted by molar-refractivity contribution is 7.19. The Kier molecular flexibility index (Phi) is 2.60. The molecule has 14 heavy (non-hydrogen) atoms. The third-order valence-electron chi connectivity index (χ3n) is 1.87. The van der Waals surface area contributed by atoms with Crippen molar-refractivity contribution in [3.8, 4) is 10.4 Å². The number of anilines is 1. The Labute approximate surface area is 86.2 Å². The maximum absolute atomic E-state index is 10.2. The van der Waals surface area contributed by atoms with Crippen molar-refractivity contribution in [2.45, 2.75) is 0 Å². The molecule has 70 valence electrons. The van der Waals surface area contributed by atoms with Gasteiger partial charge in [0.25, 0.3) is 0 Å². The molecular formula is C11H9NOS. The van der Waals surface area contributed by atoms with Crippen LogP contribution in [0.5, 0.6) is 0 Å². The summed E-state index contributed by atoms with van der Waals surface area (Å²) >= 11 is 1.57. The molecule has 0 bridgehead atoms. The van der Waals surface area contributed by atoms with Gasteiger partial charge in [-0.1, -0.05) is 30.3 Å². The fourth-order valence-corrected chi connectivity index (χ4v) is 2.10. The third kappa shape index (κ3) is 1.83. The minimum absolute atomic E-state index is 0.695. The highest BCUT2D eigenvalue weighted by atomic mass is 32.1. The second-order valence-electron chi connectivity index (χ2n) is 2.79. The zero-order valence-electron chi connectivity index (χ0n) is 7.44. The van der Waals surface area contributed by atoms with Crippen molar-refractivity contribution < 1.29 is 4.79 Å². The predicted molar refractivity (Wildman–Crippen MR) is 59.4 cm³/mol. The van der Waals surface area contributed by atoms with Gasteiger partial charge in [-0.2, -0.15) is 0 Å². The molecule has 1 amide bonds. The largest absolute Gasteiger partial charge is 0.320 e. The molecule has 0 saturated carbocycles. The third-order valence-corrected chi connectivity index (χ3v) is 2.93. The average molecular weight is 203 g/mol. The number of rotatable bonds is 3. The Morgan fingerprint density at radius 2 is 1.86 bits per heavy atom. The molecule has 3 heteroatoms. The van der Waals surface area contributed by atoms with E-state index in [2.05, 4.69) is 17.4 Å². The molecule has 0 spiro atoms. The zero-order chi connectivity index (χ0) is 9.80. The summed E-state index contributed by atoms with van der Waals surface area (Å²) in [5.41, 5.74) is 1.18. The van der Waals surface area contributed by atoms with Gasteiger partial charge in [0.05, 0.1) is 5.00 Å². The van der Waals surface area contributed by atoms with Crippen molar-refractivity contribution >= 4 is 22.7 Å². The Morgan fingerprint density at radius 1 is 1.07 bits per heavy atom. The number of hydrogen-bond acceptors (Lipinski definition) is 2. The molecule has 0 unspecified atom stereocenters. The first-order valence-corrected chi connectivity index (χ1v) is 5.07. The first kappa shape index (κ1) is 8.97. The van der Waals surface area contributed by atoms with Crippen molar-refractivity contribution in [1.29, 1.82) is 0 Å². The first-order valence-electron chi connectivity index (χ1n) is 4.25.